The molecule has 0 aromatic heterocycles. The summed E-state index contributed by atoms with van der Waals surface area (Å²) in [6.07, 6.45) is 9.04. The Morgan fingerprint density at radius 3 is 2.70 bits per heavy atom. The van der Waals surface area contributed by atoms with Gasteiger partial charge in [0.1, 0.15) is 5.41 Å². The van der Waals surface area contributed by atoms with Crippen molar-refractivity contribution in [1.82, 2.24) is 0 Å². The van der Waals surface area contributed by atoms with Gasteiger partial charge in [0.25, 0.3) is 0 Å². The number of carbonyl (C=O) groups excluding carboxylic acids is 2. The van der Waals surface area contributed by atoms with Crippen LogP contribution in [0.25, 0.3) is 0 Å². The lowest BCUT2D eigenvalue weighted by Gasteiger charge is -2.51. The van der Waals surface area contributed by atoms with Gasteiger partial charge in [-0.25, -0.2) is 0 Å². The summed E-state index contributed by atoms with van der Waals surface area (Å²) in [7, 11) is 1.37. The molecule has 0 heterocycles. The Hall–Kier alpha value is -2.20. The molecule has 0 fully saturated rings. The van der Waals surface area contributed by atoms with Gasteiger partial charge in [-0.05, 0) is 41.7 Å². The largest absolute Gasteiger partial charge is 0.468 e. The maximum Gasteiger partial charge on any atom is 0.320 e. The van der Waals surface area contributed by atoms with Crippen LogP contribution in [-0.4, -0.2) is 25.5 Å². The van der Waals surface area contributed by atoms with Crippen molar-refractivity contribution in [2.45, 2.75) is 33.3 Å². The molecule has 0 spiro atoms. The summed E-state index contributed by atoms with van der Waals surface area (Å²) in [5, 5.41) is 0. The summed E-state index contributed by atoms with van der Waals surface area (Å²) in [5.41, 5.74) is -0.306. The number of hydrogen-bond acceptors (Lipinski definition) is 4. The lowest BCUT2D eigenvalue weighted by molar-refractivity contribution is -0.169. The van der Waals surface area contributed by atoms with Gasteiger partial charge in [0.2, 0.25) is 0 Å². The Bertz CT molecular complexity index is 751. The van der Waals surface area contributed by atoms with Gasteiger partial charge >= 0.3 is 5.97 Å². The number of carbonyl (C=O) groups is 2. The zero-order valence-electron chi connectivity index (χ0n) is 16.3. The maximum absolute atomic E-state index is 12.9. The second-order valence-corrected chi connectivity index (χ2v) is 7.86. The normalized spacial score (nSPS) is 32.2. The molecule has 4 nitrogen and oxygen atoms in total. The average molecular weight is 368 g/mol. The molecule has 2 aliphatic carbocycles. The molecule has 0 radical (unpaired) electrons. The van der Waals surface area contributed by atoms with Crippen LogP contribution in [0.2, 0.25) is 0 Å². The van der Waals surface area contributed by atoms with Crippen molar-refractivity contribution in [3.8, 4) is 0 Å². The predicted octanol–water partition coefficient (Wildman–Crippen LogP) is 4.11. The molecule has 0 bridgehead atoms. The maximum atomic E-state index is 12.9. The van der Waals surface area contributed by atoms with E-state index in [-0.39, 0.29) is 23.0 Å². The number of hydrogen-bond donors (Lipinski definition) is 0. The zero-order chi connectivity index (χ0) is 19.5. The van der Waals surface area contributed by atoms with E-state index in [9.17, 15) is 9.59 Å². The smallest absolute Gasteiger partial charge is 0.320 e. The van der Waals surface area contributed by atoms with Crippen LogP contribution in [0.4, 0.5) is 0 Å². The quantitative estimate of drug-likeness (QED) is 0.328. The Balaban J connectivity index is 1.78. The van der Waals surface area contributed by atoms with Crippen molar-refractivity contribution in [2.75, 3.05) is 13.7 Å². The molecule has 144 valence electrons. The van der Waals surface area contributed by atoms with E-state index < -0.39 is 11.4 Å². The van der Waals surface area contributed by atoms with Gasteiger partial charge < -0.3 is 9.47 Å². The first-order valence-corrected chi connectivity index (χ1v) is 9.55. The van der Waals surface area contributed by atoms with Gasteiger partial charge in [0.05, 0.1) is 13.7 Å². The lowest BCUT2D eigenvalue weighted by atomic mass is 9.50. The van der Waals surface area contributed by atoms with Crippen LogP contribution >= 0.6 is 0 Å². The summed E-state index contributed by atoms with van der Waals surface area (Å²) in [6.45, 7) is 5.18. The second-order valence-electron chi connectivity index (χ2n) is 7.86. The fraction of sp³-hybridized carbons (Fsp3) is 0.478. The van der Waals surface area contributed by atoms with Gasteiger partial charge in [0.15, 0.2) is 5.78 Å². The highest BCUT2D eigenvalue weighted by atomic mass is 16.5. The molecule has 27 heavy (non-hydrogen) atoms. The third-order valence-corrected chi connectivity index (χ3v) is 6.30. The monoisotopic (exact) mass is 368 g/mol. The molecule has 0 saturated carbocycles. The van der Waals surface area contributed by atoms with Crippen LogP contribution in [0.3, 0.4) is 0 Å². The van der Waals surface area contributed by atoms with E-state index in [1.807, 2.05) is 49.4 Å². The third-order valence-electron chi connectivity index (χ3n) is 6.30. The summed E-state index contributed by atoms with van der Waals surface area (Å²) in [4.78, 5) is 25.7. The topological polar surface area (TPSA) is 52.6 Å². The first-order chi connectivity index (χ1) is 12.9. The number of allylic oxidation sites excluding steroid dienone is 4. The van der Waals surface area contributed by atoms with Gasteiger partial charge in [-0.1, -0.05) is 62.4 Å². The number of rotatable bonds is 6. The van der Waals surface area contributed by atoms with E-state index in [4.69, 9.17) is 9.47 Å². The summed E-state index contributed by atoms with van der Waals surface area (Å²) in [5.74, 6) is -0.880. The number of esters is 1. The summed E-state index contributed by atoms with van der Waals surface area (Å²) in [6, 6.07) is 10.1. The van der Waals surface area contributed by atoms with Crippen molar-refractivity contribution in [3.63, 3.8) is 0 Å². The van der Waals surface area contributed by atoms with Crippen LogP contribution in [0.15, 0.2) is 54.6 Å². The molecule has 3 rings (SSSR count). The highest BCUT2D eigenvalue weighted by molar-refractivity contribution is 6.11. The first-order valence-electron chi connectivity index (χ1n) is 9.55. The predicted molar refractivity (Wildman–Crippen MR) is 104 cm³/mol. The van der Waals surface area contributed by atoms with Gasteiger partial charge in [-0.3, -0.25) is 9.59 Å². The highest BCUT2D eigenvalue weighted by Crippen LogP contribution is 2.56. The Kier molecular flexibility index (Phi) is 5.66. The minimum Gasteiger partial charge on any atom is -0.468 e. The van der Waals surface area contributed by atoms with Crippen molar-refractivity contribution >= 4 is 11.8 Å². The number of methoxy groups -OCH3 is 1. The molecule has 0 amide bonds. The van der Waals surface area contributed by atoms with E-state index in [2.05, 4.69) is 13.0 Å². The van der Waals surface area contributed by atoms with Gasteiger partial charge in [0, 0.05) is 6.61 Å². The molecule has 1 aromatic carbocycles. The van der Waals surface area contributed by atoms with E-state index in [1.54, 1.807) is 6.08 Å². The summed E-state index contributed by atoms with van der Waals surface area (Å²) < 4.78 is 11.0. The minimum atomic E-state index is -1.13. The lowest BCUT2D eigenvalue weighted by Crippen LogP contribution is -2.57. The molecular weight excluding hydrogens is 340 g/mol. The fourth-order valence-electron chi connectivity index (χ4n) is 4.69. The van der Waals surface area contributed by atoms with Gasteiger partial charge in [-0.15, -0.1) is 0 Å². The molecule has 0 aliphatic heterocycles. The molecule has 4 heteroatoms. The van der Waals surface area contributed by atoms with Crippen LogP contribution in [-0.2, 0) is 25.7 Å². The first kappa shape index (κ1) is 19.6. The minimum absolute atomic E-state index is 0.129. The Morgan fingerprint density at radius 1 is 1.26 bits per heavy atom. The van der Waals surface area contributed by atoms with Crippen molar-refractivity contribution in [1.29, 1.82) is 0 Å². The summed E-state index contributed by atoms with van der Waals surface area (Å²) >= 11 is 0. The average Bonchev–Trinajstić information content (AvgIpc) is 2.69. The zero-order valence-corrected chi connectivity index (χ0v) is 16.3. The van der Waals surface area contributed by atoms with Crippen LogP contribution in [0.1, 0.15) is 32.3 Å². The van der Waals surface area contributed by atoms with Crippen molar-refractivity contribution < 1.29 is 19.1 Å². The van der Waals surface area contributed by atoms with E-state index in [0.29, 0.717) is 19.6 Å². The molecule has 2 aliphatic rings. The number of fused-ring (bicyclic) bond motifs is 1. The van der Waals surface area contributed by atoms with Crippen molar-refractivity contribution in [2.24, 2.45) is 22.7 Å². The molecule has 0 saturated heterocycles. The van der Waals surface area contributed by atoms with Crippen LogP contribution in [0.5, 0.6) is 0 Å². The molecule has 1 aromatic rings. The van der Waals surface area contributed by atoms with E-state index >= 15 is 0 Å². The molecular formula is C23H28O4. The van der Waals surface area contributed by atoms with E-state index in [0.717, 1.165) is 12.0 Å². The number of benzene rings is 1. The van der Waals surface area contributed by atoms with Crippen LogP contribution in [0, 0.1) is 22.7 Å². The molecule has 0 N–H and O–H groups in total. The van der Waals surface area contributed by atoms with E-state index in [1.165, 1.54) is 7.11 Å². The number of ether oxygens (including phenoxy) is 2. The molecule has 4 atom stereocenters. The Morgan fingerprint density at radius 2 is 2.00 bits per heavy atom. The standard InChI is InChI=1S/C23H28O4/c1-17-8-7-11-19-22(2,13-12-20(24)23(17,19)21(25)26-3)14-15-27-16-18-9-5-4-6-10-18/h4-10,12-13,17,19H,11,14-16H2,1-3H3/t17-,19-,22-,23+/m0/s1. The fourth-order valence-corrected chi connectivity index (χ4v) is 4.69. The second kappa shape index (κ2) is 7.81. The number of ketones is 1. The SMILES string of the molecule is COC(=O)[C@@]12C(=O)C=C[C@@](C)(CCOCc3ccccc3)[C@@H]1CC=C[C@@H]2C. The highest BCUT2D eigenvalue weighted by Gasteiger charge is 2.62. The molecule has 0 unspecified atom stereocenters. The Labute approximate surface area is 161 Å². The third kappa shape index (κ3) is 3.39. The van der Waals surface area contributed by atoms with Gasteiger partial charge in [-0.2, -0.15) is 0 Å². The van der Waals surface area contributed by atoms with Crippen molar-refractivity contribution in [3.05, 3.63) is 60.2 Å². The van der Waals surface area contributed by atoms with Crippen LogP contribution < -0.4 is 0 Å².